The minimum absolute atomic E-state index is 0.0940. The van der Waals surface area contributed by atoms with Crippen molar-refractivity contribution in [3.05, 3.63) is 18.0 Å². The van der Waals surface area contributed by atoms with E-state index >= 15 is 0 Å². The van der Waals surface area contributed by atoms with Gasteiger partial charge in [-0.2, -0.15) is 5.10 Å². The van der Waals surface area contributed by atoms with E-state index in [0.717, 1.165) is 12.1 Å². The lowest BCUT2D eigenvalue weighted by atomic mass is 9.70. The molecule has 0 saturated heterocycles. The molecule has 1 saturated carbocycles. The van der Waals surface area contributed by atoms with E-state index in [-0.39, 0.29) is 6.61 Å². The number of aliphatic hydroxyl groups is 1. The molecule has 0 unspecified atom stereocenters. The van der Waals surface area contributed by atoms with Gasteiger partial charge in [0.25, 0.3) is 0 Å². The van der Waals surface area contributed by atoms with Crippen LogP contribution in [-0.2, 0) is 13.2 Å². The van der Waals surface area contributed by atoms with Gasteiger partial charge in [-0.05, 0) is 18.3 Å². The standard InChI is InChI=1S/C10H16N2O/c1-10(3-2-4-10)8-12-6-9(7-13)5-11-12/h5-6,13H,2-4,7-8H2,1H3. The second-order valence-corrected chi connectivity index (χ2v) is 4.37. The van der Waals surface area contributed by atoms with Gasteiger partial charge in [0.1, 0.15) is 0 Å². The molecule has 72 valence electrons. The number of aliphatic hydroxyl groups excluding tert-OH is 1. The number of rotatable bonds is 3. The zero-order chi connectivity index (χ0) is 9.31. The van der Waals surface area contributed by atoms with Crippen LogP contribution < -0.4 is 0 Å². The smallest absolute Gasteiger partial charge is 0.0712 e. The van der Waals surface area contributed by atoms with Crippen molar-refractivity contribution in [1.29, 1.82) is 0 Å². The third-order valence-corrected chi connectivity index (χ3v) is 2.97. The molecular weight excluding hydrogens is 164 g/mol. The monoisotopic (exact) mass is 180 g/mol. The third-order valence-electron chi connectivity index (χ3n) is 2.97. The first-order chi connectivity index (χ1) is 6.22. The van der Waals surface area contributed by atoms with E-state index in [1.54, 1.807) is 6.20 Å². The van der Waals surface area contributed by atoms with Crippen LogP contribution in [0.4, 0.5) is 0 Å². The molecule has 1 aliphatic carbocycles. The van der Waals surface area contributed by atoms with E-state index in [0.29, 0.717) is 5.41 Å². The minimum Gasteiger partial charge on any atom is -0.392 e. The fourth-order valence-corrected chi connectivity index (χ4v) is 1.90. The Morgan fingerprint density at radius 2 is 2.38 bits per heavy atom. The topological polar surface area (TPSA) is 38.0 Å². The highest BCUT2D eigenvalue weighted by molar-refractivity contribution is 5.02. The largest absolute Gasteiger partial charge is 0.392 e. The second-order valence-electron chi connectivity index (χ2n) is 4.37. The molecule has 0 radical (unpaired) electrons. The summed E-state index contributed by atoms with van der Waals surface area (Å²) < 4.78 is 1.95. The van der Waals surface area contributed by atoms with Gasteiger partial charge >= 0.3 is 0 Å². The first-order valence-corrected chi connectivity index (χ1v) is 4.84. The lowest BCUT2D eigenvalue weighted by Gasteiger charge is -2.38. The summed E-state index contributed by atoms with van der Waals surface area (Å²) in [5, 5.41) is 13.1. The van der Waals surface area contributed by atoms with Gasteiger partial charge in [-0.25, -0.2) is 0 Å². The second kappa shape index (κ2) is 3.14. The van der Waals surface area contributed by atoms with E-state index in [2.05, 4.69) is 12.0 Å². The highest BCUT2D eigenvalue weighted by Crippen LogP contribution is 2.41. The molecule has 3 nitrogen and oxygen atoms in total. The van der Waals surface area contributed by atoms with Gasteiger partial charge in [0.2, 0.25) is 0 Å². The summed E-state index contributed by atoms with van der Waals surface area (Å²) in [6.07, 6.45) is 7.64. The molecule has 1 aromatic heterocycles. The first-order valence-electron chi connectivity index (χ1n) is 4.84. The van der Waals surface area contributed by atoms with Gasteiger partial charge < -0.3 is 5.11 Å². The minimum atomic E-state index is 0.0940. The summed E-state index contributed by atoms with van der Waals surface area (Å²) in [5.41, 5.74) is 1.36. The van der Waals surface area contributed by atoms with Crippen LogP contribution in [0, 0.1) is 5.41 Å². The maximum absolute atomic E-state index is 8.87. The molecule has 1 N–H and O–H groups in total. The van der Waals surface area contributed by atoms with Gasteiger partial charge in [0, 0.05) is 18.3 Å². The molecule has 3 heteroatoms. The Morgan fingerprint density at radius 3 is 2.85 bits per heavy atom. The van der Waals surface area contributed by atoms with Crippen molar-refractivity contribution in [3.63, 3.8) is 0 Å². The summed E-state index contributed by atoms with van der Waals surface area (Å²) >= 11 is 0. The summed E-state index contributed by atoms with van der Waals surface area (Å²) in [4.78, 5) is 0. The van der Waals surface area contributed by atoms with Crippen molar-refractivity contribution in [3.8, 4) is 0 Å². The molecule has 0 aliphatic heterocycles. The zero-order valence-corrected chi connectivity index (χ0v) is 8.03. The molecule has 0 aromatic carbocycles. The average Bonchev–Trinajstić information content (AvgIpc) is 2.49. The highest BCUT2D eigenvalue weighted by atomic mass is 16.3. The van der Waals surface area contributed by atoms with Crippen LogP contribution in [0.5, 0.6) is 0 Å². The quantitative estimate of drug-likeness (QED) is 0.766. The predicted octanol–water partition coefficient (Wildman–Crippen LogP) is 1.57. The third kappa shape index (κ3) is 1.75. The molecule has 1 aliphatic rings. The van der Waals surface area contributed by atoms with Crippen LogP contribution in [-0.4, -0.2) is 14.9 Å². The van der Waals surface area contributed by atoms with Gasteiger partial charge in [0.05, 0.1) is 12.8 Å². The Labute approximate surface area is 78.4 Å². The van der Waals surface area contributed by atoms with E-state index in [1.165, 1.54) is 19.3 Å². The normalized spacial score (nSPS) is 19.8. The van der Waals surface area contributed by atoms with Gasteiger partial charge in [-0.3, -0.25) is 4.68 Å². The number of aromatic nitrogens is 2. The molecule has 2 rings (SSSR count). The summed E-state index contributed by atoms with van der Waals surface area (Å²) in [6, 6.07) is 0. The number of nitrogens with zero attached hydrogens (tertiary/aromatic N) is 2. The van der Waals surface area contributed by atoms with E-state index < -0.39 is 0 Å². The molecule has 0 amide bonds. The summed E-state index contributed by atoms with van der Waals surface area (Å²) in [7, 11) is 0. The van der Waals surface area contributed by atoms with Crippen molar-refractivity contribution in [2.45, 2.75) is 39.3 Å². The lowest BCUT2D eigenvalue weighted by Crippen LogP contribution is -2.30. The van der Waals surface area contributed by atoms with Crippen molar-refractivity contribution >= 4 is 0 Å². The maximum atomic E-state index is 8.87. The number of hydrogen-bond acceptors (Lipinski definition) is 2. The van der Waals surface area contributed by atoms with Crippen LogP contribution in [0.1, 0.15) is 31.7 Å². The molecule has 0 spiro atoms. The SMILES string of the molecule is CC1(Cn2cc(CO)cn2)CCC1. The Kier molecular flexibility index (Phi) is 2.12. The van der Waals surface area contributed by atoms with Gasteiger partial charge in [-0.1, -0.05) is 13.3 Å². The van der Waals surface area contributed by atoms with Crippen molar-refractivity contribution < 1.29 is 5.11 Å². The maximum Gasteiger partial charge on any atom is 0.0712 e. The van der Waals surface area contributed by atoms with Gasteiger partial charge in [0.15, 0.2) is 0 Å². The average molecular weight is 180 g/mol. The van der Waals surface area contributed by atoms with Crippen LogP contribution in [0.25, 0.3) is 0 Å². The van der Waals surface area contributed by atoms with Crippen LogP contribution in [0.3, 0.4) is 0 Å². The summed E-state index contributed by atoms with van der Waals surface area (Å²) in [5.74, 6) is 0. The highest BCUT2D eigenvalue weighted by Gasteiger charge is 2.32. The van der Waals surface area contributed by atoms with Crippen molar-refractivity contribution in [1.82, 2.24) is 9.78 Å². The fraction of sp³-hybridized carbons (Fsp3) is 0.700. The van der Waals surface area contributed by atoms with Crippen LogP contribution >= 0.6 is 0 Å². The van der Waals surface area contributed by atoms with Gasteiger partial charge in [-0.15, -0.1) is 0 Å². The lowest BCUT2D eigenvalue weighted by molar-refractivity contribution is 0.126. The van der Waals surface area contributed by atoms with E-state index in [1.807, 2.05) is 10.9 Å². The molecule has 1 heterocycles. The molecule has 0 bridgehead atoms. The number of hydrogen-bond donors (Lipinski definition) is 1. The fourth-order valence-electron chi connectivity index (χ4n) is 1.90. The predicted molar refractivity (Wildman–Crippen MR) is 50.1 cm³/mol. The van der Waals surface area contributed by atoms with E-state index in [9.17, 15) is 0 Å². The summed E-state index contributed by atoms with van der Waals surface area (Å²) in [6.45, 7) is 3.39. The Balaban J connectivity index is 2.01. The molecule has 1 aromatic rings. The van der Waals surface area contributed by atoms with Crippen molar-refractivity contribution in [2.24, 2.45) is 5.41 Å². The zero-order valence-electron chi connectivity index (χ0n) is 8.03. The van der Waals surface area contributed by atoms with Crippen molar-refractivity contribution in [2.75, 3.05) is 0 Å². The molecule has 1 fully saturated rings. The van der Waals surface area contributed by atoms with Crippen LogP contribution in [0.2, 0.25) is 0 Å². The first kappa shape index (κ1) is 8.75. The van der Waals surface area contributed by atoms with E-state index in [4.69, 9.17) is 5.11 Å². The molecule has 0 atom stereocenters. The van der Waals surface area contributed by atoms with Crippen LogP contribution in [0.15, 0.2) is 12.4 Å². The molecular formula is C10H16N2O. The Bertz CT molecular complexity index is 289. The Morgan fingerprint density at radius 1 is 1.62 bits per heavy atom. The molecule has 13 heavy (non-hydrogen) atoms. The Hall–Kier alpha value is -0.830.